The molecule has 0 saturated carbocycles. The summed E-state index contributed by atoms with van der Waals surface area (Å²) < 4.78 is 0. The van der Waals surface area contributed by atoms with Crippen molar-refractivity contribution in [2.24, 2.45) is 0 Å². The molecule has 1 heterocycles. The van der Waals surface area contributed by atoms with Gasteiger partial charge in [0.15, 0.2) is 5.11 Å². The summed E-state index contributed by atoms with van der Waals surface area (Å²) in [6.07, 6.45) is 0.701. The van der Waals surface area contributed by atoms with Gasteiger partial charge in [-0.3, -0.25) is 9.59 Å². The molecule has 2 aromatic rings. The minimum atomic E-state index is -0.227. The highest BCUT2D eigenvalue weighted by Crippen LogP contribution is 2.30. The number of carbonyl (C=O) groups is 2. The summed E-state index contributed by atoms with van der Waals surface area (Å²) in [5.41, 5.74) is 2.47. The largest absolute Gasteiger partial charge is 0.366 e. The molecule has 0 aliphatic carbocycles. The van der Waals surface area contributed by atoms with Crippen molar-refractivity contribution in [3.63, 3.8) is 0 Å². The number of halogens is 2. The van der Waals surface area contributed by atoms with Crippen LogP contribution in [0.2, 0.25) is 10.0 Å². The number of anilines is 2. The molecule has 1 saturated heterocycles. The van der Waals surface area contributed by atoms with E-state index in [0.29, 0.717) is 48.3 Å². The second kappa shape index (κ2) is 10.8. The molecule has 3 rings (SSSR count). The van der Waals surface area contributed by atoms with E-state index in [2.05, 4.69) is 15.5 Å². The van der Waals surface area contributed by atoms with E-state index in [4.69, 9.17) is 35.4 Å². The number of benzene rings is 2. The monoisotopic (exact) mass is 478 g/mol. The maximum absolute atomic E-state index is 12.3. The quantitative estimate of drug-likeness (QED) is 0.633. The highest BCUT2D eigenvalue weighted by molar-refractivity contribution is 7.80. The summed E-state index contributed by atoms with van der Waals surface area (Å²) in [4.78, 5) is 28.3. The predicted octanol–water partition coefficient (Wildman–Crippen LogP) is 4.11. The Labute approximate surface area is 197 Å². The Morgan fingerprint density at radius 1 is 1.00 bits per heavy atom. The smallest absolute Gasteiger partial charge is 0.230 e. The van der Waals surface area contributed by atoms with Crippen molar-refractivity contribution in [1.82, 2.24) is 10.2 Å². The van der Waals surface area contributed by atoms with Crippen LogP contribution in [0.4, 0.5) is 11.4 Å². The van der Waals surface area contributed by atoms with E-state index in [-0.39, 0.29) is 23.3 Å². The zero-order valence-electron chi connectivity index (χ0n) is 17.2. The zero-order valence-corrected chi connectivity index (χ0v) is 19.5. The first-order chi connectivity index (χ1) is 14.9. The molecule has 0 aromatic heterocycles. The SMILES string of the molecule is CCC(=O)N1CCN(c2ccc(Cl)cc2NC(=S)NC(=O)Cc2ccc(Cl)cc2)CC1. The highest BCUT2D eigenvalue weighted by atomic mass is 35.5. The topological polar surface area (TPSA) is 64.7 Å². The van der Waals surface area contributed by atoms with Crippen LogP contribution in [0.15, 0.2) is 42.5 Å². The van der Waals surface area contributed by atoms with Crippen molar-refractivity contribution < 1.29 is 9.59 Å². The van der Waals surface area contributed by atoms with Crippen LogP contribution < -0.4 is 15.5 Å². The Bertz CT molecular complexity index is 960. The lowest BCUT2D eigenvalue weighted by Gasteiger charge is -2.37. The summed E-state index contributed by atoms with van der Waals surface area (Å²) >= 11 is 17.4. The van der Waals surface area contributed by atoms with Gasteiger partial charge in [0, 0.05) is 42.6 Å². The van der Waals surface area contributed by atoms with Gasteiger partial charge in [-0.1, -0.05) is 42.3 Å². The Balaban J connectivity index is 1.62. The first kappa shape index (κ1) is 23.3. The summed E-state index contributed by atoms with van der Waals surface area (Å²) in [5, 5.41) is 7.17. The molecule has 0 spiro atoms. The number of thiocarbonyl (C=S) groups is 1. The predicted molar refractivity (Wildman–Crippen MR) is 130 cm³/mol. The van der Waals surface area contributed by atoms with Gasteiger partial charge in [0.1, 0.15) is 0 Å². The molecule has 1 aliphatic heterocycles. The lowest BCUT2D eigenvalue weighted by molar-refractivity contribution is -0.131. The number of hydrogen-bond donors (Lipinski definition) is 2. The van der Waals surface area contributed by atoms with Crippen LogP contribution >= 0.6 is 35.4 Å². The molecule has 0 radical (unpaired) electrons. The molecular formula is C22H24Cl2N4O2S. The number of nitrogens with one attached hydrogen (secondary N) is 2. The van der Waals surface area contributed by atoms with Crippen molar-refractivity contribution in [2.45, 2.75) is 19.8 Å². The molecule has 2 N–H and O–H groups in total. The highest BCUT2D eigenvalue weighted by Gasteiger charge is 2.22. The van der Waals surface area contributed by atoms with Crippen molar-refractivity contribution >= 4 is 63.7 Å². The number of piperazine rings is 1. The second-order valence-corrected chi connectivity index (χ2v) is 8.47. The van der Waals surface area contributed by atoms with E-state index in [1.54, 1.807) is 30.3 Å². The fourth-order valence-electron chi connectivity index (χ4n) is 3.42. The van der Waals surface area contributed by atoms with E-state index >= 15 is 0 Å². The molecular weight excluding hydrogens is 455 g/mol. The molecule has 1 aliphatic rings. The number of carbonyl (C=O) groups excluding carboxylic acids is 2. The van der Waals surface area contributed by atoms with E-state index in [9.17, 15) is 9.59 Å². The lowest BCUT2D eigenvalue weighted by Crippen LogP contribution is -2.48. The van der Waals surface area contributed by atoms with Crippen molar-refractivity contribution in [3.8, 4) is 0 Å². The van der Waals surface area contributed by atoms with Gasteiger partial charge in [-0.25, -0.2) is 0 Å². The fraction of sp³-hybridized carbons (Fsp3) is 0.318. The molecule has 0 unspecified atom stereocenters. The Hall–Kier alpha value is -2.35. The van der Waals surface area contributed by atoms with Gasteiger partial charge in [-0.2, -0.15) is 0 Å². The van der Waals surface area contributed by atoms with Gasteiger partial charge >= 0.3 is 0 Å². The van der Waals surface area contributed by atoms with Gasteiger partial charge in [0.05, 0.1) is 17.8 Å². The first-order valence-electron chi connectivity index (χ1n) is 10.0. The third kappa shape index (κ3) is 6.56. The fourth-order valence-corrected chi connectivity index (χ4v) is 3.94. The third-order valence-electron chi connectivity index (χ3n) is 5.01. The standard InChI is InChI=1S/C22H24Cl2N4O2S/c1-2-21(30)28-11-9-27(10-12-28)19-8-7-17(24)14-18(19)25-22(31)26-20(29)13-15-3-5-16(23)6-4-15/h3-8,14H,2,9-13H2,1H3,(H2,25,26,29,31). The lowest BCUT2D eigenvalue weighted by atomic mass is 10.1. The van der Waals surface area contributed by atoms with E-state index in [1.165, 1.54) is 0 Å². The number of hydrogen-bond acceptors (Lipinski definition) is 4. The van der Waals surface area contributed by atoms with Crippen molar-refractivity contribution in [3.05, 3.63) is 58.1 Å². The average molecular weight is 479 g/mol. The van der Waals surface area contributed by atoms with Crippen molar-refractivity contribution in [2.75, 3.05) is 36.4 Å². The Morgan fingerprint density at radius 3 is 2.29 bits per heavy atom. The molecule has 0 atom stereocenters. The summed E-state index contributed by atoms with van der Waals surface area (Å²) in [6, 6.07) is 12.6. The number of amides is 2. The van der Waals surface area contributed by atoms with Crippen LogP contribution in [0.5, 0.6) is 0 Å². The van der Waals surface area contributed by atoms with E-state index in [1.807, 2.05) is 24.0 Å². The summed E-state index contributed by atoms with van der Waals surface area (Å²) in [7, 11) is 0. The second-order valence-electron chi connectivity index (χ2n) is 7.19. The van der Waals surface area contributed by atoms with Crippen LogP contribution in [0.25, 0.3) is 0 Å². The molecule has 0 bridgehead atoms. The van der Waals surface area contributed by atoms with Gasteiger partial charge in [-0.05, 0) is 48.1 Å². The molecule has 2 aromatic carbocycles. The van der Waals surface area contributed by atoms with Gasteiger partial charge < -0.3 is 20.4 Å². The van der Waals surface area contributed by atoms with Crippen LogP contribution in [-0.4, -0.2) is 48.0 Å². The first-order valence-corrected chi connectivity index (χ1v) is 11.2. The van der Waals surface area contributed by atoms with Crippen LogP contribution in [0.1, 0.15) is 18.9 Å². The van der Waals surface area contributed by atoms with E-state index in [0.717, 1.165) is 11.3 Å². The van der Waals surface area contributed by atoms with Gasteiger partial charge in [-0.15, -0.1) is 0 Å². The normalized spacial score (nSPS) is 13.6. The minimum absolute atomic E-state index is 0.165. The maximum Gasteiger partial charge on any atom is 0.230 e. The van der Waals surface area contributed by atoms with Crippen molar-refractivity contribution in [1.29, 1.82) is 0 Å². The number of rotatable bonds is 5. The molecule has 2 amide bonds. The van der Waals surface area contributed by atoms with Gasteiger partial charge in [0.25, 0.3) is 0 Å². The van der Waals surface area contributed by atoms with Crippen LogP contribution in [0, 0.1) is 0 Å². The zero-order chi connectivity index (χ0) is 22.4. The Kier molecular flexibility index (Phi) is 8.12. The molecule has 164 valence electrons. The maximum atomic E-state index is 12.3. The molecule has 9 heteroatoms. The summed E-state index contributed by atoms with van der Waals surface area (Å²) in [6.45, 7) is 4.61. The van der Waals surface area contributed by atoms with Gasteiger partial charge in [0.2, 0.25) is 11.8 Å². The van der Waals surface area contributed by atoms with Crippen LogP contribution in [-0.2, 0) is 16.0 Å². The Morgan fingerprint density at radius 2 is 1.65 bits per heavy atom. The average Bonchev–Trinajstić information content (AvgIpc) is 2.75. The van der Waals surface area contributed by atoms with Crippen LogP contribution in [0.3, 0.4) is 0 Å². The third-order valence-corrected chi connectivity index (χ3v) is 5.70. The molecule has 6 nitrogen and oxygen atoms in total. The summed E-state index contributed by atoms with van der Waals surface area (Å²) in [5.74, 6) is -0.0613. The molecule has 31 heavy (non-hydrogen) atoms. The minimum Gasteiger partial charge on any atom is -0.366 e. The number of nitrogens with zero attached hydrogens (tertiary/aromatic N) is 2. The van der Waals surface area contributed by atoms with E-state index < -0.39 is 0 Å². The molecule has 1 fully saturated rings.